The van der Waals surface area contributed by atoms with Crippen molar-refractivity contribution in [1.82, 2.24) is 0 Å². The third-order valence-electron chi connectivity index (χ3n) is 5.72. The summed E-state index contributed by atoms with van der Waals surface area (Å²) in [5.74, 6) is 0. The molecule has 0 aliphatic heterocycles. The molecular weight excluding hydrogens is 476 g/mol. The summed E-state index contributed by atoms with van der Waals surface area (Å²) >= 11 is 2.50. The van der Waals surface area contributed by atoms with Crippen LogP contribution < -0.4 is 0 Å². The van der Waals surface area contributed by atoms with Crippen LogP contribution in [0.25, 0.3) is 0 Å². The van der Waals surface area contributed by atoms with Crippen molar-refractivity contribution >= 4 is 28.0 Å². The number of ether oxygens (including phenoxy) is 3. The van der Waals surface area contributed by atoms with E-state index in [1.54, 1.807) is 6.26 Å². The SMILES string of the molecule is CSC(=O)S[C@@H]1C=C[C@@H](OCc2ccccc2)[C@H](OCc2ccccc2)[C@H]1OCc1ccccc1. The van der Waals surface area contributed by atoms with E-state index in [1.807, 2.05) is 103 Å². The van der Waals surface area contributed by atoms with E-state index in [4.69, 9.17) is 14.2 Å². The van der Waals surface area contributed by atoms with Crippen LogP contribution in [0.3, 0.4) is 0 Å². The standard InChI is InChI=1S/C29H30O4S2/c1-34-29(30)35-26-18-17-25(31-19-22-11-5-2-6-12-22)27(32-20-23-13-7-3-8-14-23)28(26)33-21-24-15-9-4-10-16-24/h2-18,25-28H,19-21H2,1H3/t25-,26-,27+,28+/m1/s1. The first kappa shape index (κ1) is 25.7. The molecule has 4 rings (SSSR count). The average Bonchev–Trinajstić information content (AvgIpc) is 2.92. The molecule has 0 saturated carbocycles. The third-order valence-corrected chi connectivity index (χ3v) is 7.73. The topological polar surface area (TPSA) is 44.8 Å². The van der Waals surface area contributed by atoms with E-state index in [2.05, 4.69) is 0 Å². The zero-order valence-electron chi connectivity index (χ0n) is 19.7. The van der Waals surface area contributed by atoms with E-state index in [0.717, 1.165) is 16.7 Å². The number of thioether (sulfide) groups is 2. The van der Waals surface area contributed by atoms with Crippen molar-refractivity contribution in [2.45, 2.75) is 43.4 Å². The van der Waals surface area contributed by atoms with Gasteiger partial charge in [-0.1, -0.05) is 127 Å². The van der Waals surface area contributed by atoms with Crippen molar-refractivity contribution in [2.24, 2.45) is 0 Å². The summed E-state index contributed by atoms with van der Waals surface area (Å²) in [6.45, 7) is 1.33. The summed E-state index contributed by atoms with van der Waals surface area (Å²) in [4.78, 5) is 12.3. The molecule has 4 atom stereocenters. The molecule has 0 spiro atoms. The van der Waals surface area contributed by atoms with Crippen LogP contribution >= 0.6 is 23.5 Å². The molecule has 0 bridgehead atoms. The minimum Gasteiger partial charge on any atom is -0.369 e. The van der Waals surface area contributed by atoms with Gasteiger partial charge >= 0.3 is 0 Å². The summed E-state index contributed by atoms with van der Waals surface area (Å²) in [5, 5.41) is -0.170. The van der Waals surface area contributed by atoms with E-state index in [0.29, 0.717) is 19.8 Å². The molecule has 1 aliphatic carbocycles. The lowest BCUT2D eigenvalue weighted by atomic mass is 9.97. The largest absolute Gasteiger partial charge is 0.369 e. The zero-order chi connectivity index (χ0) is 24.3. The van der Waals surface area contributed by atoms with E-state index in [1.165, 1.54) is 23.5 Å². The van der Waals surface area contributed by atoms with Gasteiger partial charge in [-0.05, 0) is 22.9 Å². The summed E-state index contributed by atoms with van der Waals surface area (Å²) in [7, 11) is 0. The molecule has 6 heteroatoms. The molecule has 0 unspecified atom stereocenters. The first-order valence-electron chi connectivity index (χ1n) is 11.6. The van der Waals surface area contributed by atoms with Crippen LogP contribution in [0.4, 0.5) is 4.79 Å². The van der Waals surface area contributed by atoms with Crippen molar-refractivity contribution in [3.05, 3.63) is 120 Å². The Labute approximate surface area is 216 Å². The van der Waals surface area contributed by atoms with Gasteiger partial charge in [0.1, 0.15) is 18.3 Å². The van der Waals surface area contributed by atoms with Crippen LogP contribution in [-0.4, -0.2) is 34.3 Å². The normalized spacial score (nSPS) is 21.6. The number of carbonyl (C=O) groups excluding carboxylic acids is 1. The molecule has 0 heterocycles. The van der Waals surface area contributed by atoms with Gasteiger partial charge in [0.05, 0.1) is 25.1 Å². The van der Waals surface area contributed by atoms with Crippen LogP contribution in [0, 0.1) is 0 Å². The molecule has 1 aliphatic rings. The molecule has 0 amide bonds. The Kier molecular flexibility index (Phi) is 10.0. The fraction of sp³-hybridized carbons (Fsp3) is 0.276. The quantitative estimate of drug-likeness (QED) is 0.279. The summed E-state index contributed by atoms with van der Waals surface area (Å²) in [6.07, 6.45) is 4.82. The smallest absolute Gasteiger partial charge is 0.246 e. The van der Waals surface area contributed by atoms with Gasteiger partial charge in [0, 0.05) is 0 Å². The fourth-order valence-electron chi connectivity index (χ4n) is 3.91. The first-order chi connectivity index (χ1) is 17.2. The van der Waals surface area contributed by atoms with Gasteiger partial charge in [-0.25, -0.2) is 0 Å². The highest BCUT2D eigenvalue weighted by Crippen LogP contribution is 2.34. The number of hydrogen-bond acceptors (Lipinski definition) is 6. The second-order valence-electron chi connectivity index (χ2n) is 8.21. The Bertz CT molecular complexity index is 1060. The Morgan fingerprint density at radius 1 is 0.657 bits per heavy atom. The molecule has 3 aromatic carbocycles. The predicted molar refractivity (Wildman–Crippen MR) is 144 cm³/mol. The van der Waals surface area contributed by atoms with Gasteiger partial charge in [0.2, 0.25) is 4.45 Å². The van der Waals surface area contributed by atoms with Crippen molar-refractivity contribution in [3.63, 3.8) is 0 Å². The van der Waals surface area contributed by atoms with Crippen LogP contribution in [-0.2, 0) is 34.0 Å². The summed E-state index contributed by atoms with van der Waals surface area (Å²) in [5.41, 5.74) is 3.25. The first-order valence-corrected chi connectivity index (χ1v) is 13.7. The molecular formula is C29H30O4S2. The Balaban J connectivity index is 1.56. The highest BCUT2D eigenvalue weighted by Gasteiger charge is 2.40. The van der Waals surface area contributed by atoms with Crippen LogP contribution in [0.5, 0.6) is 0 Å². The number of carbonyl (C=O) groups is 1. The maximum atomic E-state index is 12.3. The second kappa shape index (κ2) is 13.7. The Morgan fingerprint density at radius 2 is 1.11 bits per heavy atom. The highest BCUT2D eigenvalue weighted by molar-refractivity contribution is 8.38. The van der Waals surface area contributed by atoms with Gasteiger partial charge in [0.25, 0.3) is 0 Å². The maximum Gasteiger partial charge on any atom is 0.246 e. The van der Waals surface area contributed by atoms with Gasteiger partial charge in [-0.2, -0.15) is 0 Å². The van der Waals surface area contributed by atoms with Gasteiger partial charge < -0.3 is 14.2 Å². The van der Waals surface area contributed by atoms with Crippen molar-refractivity contribution in [3.8, 4) is 0 Å². The Morgan fingerprint density at radius 3 is 1.60 bits per heavy atom. The lowest BCUT2D eigenvalue weighted by molar-refractivity contribution is -0.139. The van der Waals surface area contributed by atoms with E-state index in [9.17, 15) is 4.79 Å². The Hall–Kier alpha value is -2.35. The number of rotatable bonds is 10. The van der Waals surface area contributed by atoms with E-state index >= 15 is 0 Å². The van der Waals surface area contributed by atoms with Crippen LogP contribution in [0.15, 0.2) is 103 Å². The molecule has 35 heavy (non-hydrogen) atoms. The second-order valence-corrected chi connectivity index (χ2v) is 10.4. The molecule has 0 aromatic heterocycles. The summed E-state index contributed by atoms with van der Waals surface area (Å²) in [6, 6.07) is 30.2. The van der Waals surface area contributed by atoms with Gasteiger partial charge in [0.15, 0.2) is 0 Å². The monoisotopic (exact) mass is 506 g/mol. The maximum absolute atomic E-state index is 12.3. The van der Waals surface area contributed by atoms with Crippen molar-refractivity contribution in [1.29, 1.82) is 0 Å². The molecule has 0 N–H and O–H groups in total. The molecule has 0 saturated heterocycles. The molecule has 182 valence electrons. The fourth-order valence-corrected chi connectivity index (χ4v) is 5.38. The van der Waals surface area contributed by atoms with Crippen LogP contribution in [0.2, 0.25) is 0 Å². The molecule has 4 nitrogen and oxygen atoms in total. The van der Waals surface area contributed by atoms with E-state index < -0.39 is 0 Å². The van der Waals surface area contributed by atoms with Crippen molar-refractivity contribution in [2.75, 3.05) is 6.26 Å². The molecule has 0 fully saturated rings. The third kappa shape index (κ3) is 7.82. The molecule has 3 aromatic rings. The summed E-state index contributed by atoms with van der Waals surface area (Å²) < 4.78 is 19.4. The van der Waals surface area contributed by atoms with Gasteiger partial charge in [-0.15, -0.1) is 0 Å². The van der Waals surface area contributed by atoms with E-state index in [-0.39, 0.29) is 28.0 Å². The lowest BCUT2D eigenvalue weighted by Gasteiger charge is -2.38. The lowest BCUT2D eigenvalue weighted by Crippen LogP contribution is -2.49. The minimum atomic E-state index is -0.375. The molecule has 0 radical (unpaired) electrons. The average molecular weight is 507 g/mol. The van der Waals surface area contributed by atoms with Gasteiger partial charge in [-0.3, -0.25) is 4.79 Å². The predicted octanol–water partition coefficient (Wildman–Crippen LogP) is 6.90. The zero-order valence-corrected chi connectivity index (χ0v) is 21.3. The number of benzene rings is 3. The highest BCUT2D eigenvalue weighted by atomic mass is 32.2. The minimum absolute atomic E-state index is 0.0541. The van der Waals surface area contributed by atoms with Crippen molar-refractivity contribution < 1.29 is 19.0 Å². The number of hydrogen-bond donors (Lipinski definition) is 0. The van der Waals surface area contributed by atoms with Crippen LogP contribution in [0.1, 0.15) is 16.7 Å².